The Morgan fingerprint density at radius 2 is 1.84 bits per heavy atom. The minimum atomic E-state index is -0.759. The van der Waals surface area contributed by atoms with Gasteiger partial charge in [0.1, 0.15) is 5.78 Å². The van der Waals surface area contributed by atoms with E-state index in [2.05, 4.69) is 4.74 Å². The molecule has 0 saturated carbocycles. The fourth-order valence-corrected chi connectivity index (χ4v) is 2.98. The van der Waals surface area contributed by atoms with Crippen LogP contribution in [0.3, 0.4) is 0 Å². The van der Waals surface area contributed by atoms with Crippen LogP contribution in [0.4, 0.5) is 0 Å². The normalized spacial score (nSPS) is 20.2. The van der Waals surface area contributed by atoms with E-state index in [1.807, 2.05) is 30.3 Å². The van der Waals surface area contributed by atoms with Crippen LogP contribution in [0, 0.1) is 5.41 Å². The van der Waals surface area contributed by atoms with Gasteiger partial charge in [-0.15, -0.1) is 0 Å². The molecular weight excluding hydrogens is 322 g/mol. The topological polar surface area (TPSA) is 72.9 Å². The first kappa shape index (κ1) is 19.1. The molecule has 0 spiro atoms. The molecule has 2 atom stereocenters. The lowest BCUT2D eigenvalue weighted by molar-refractivity contribution is -0.189. The molecule has 1 amide bonds. The Kier molecular flexibility index (Phi) is 5.95. The van der Waals surface area contributed by atoms with Crippen molar-refractivity contribution in [2.75, 3.05) is 13.7 Å². The fraction of sp³-hybridized carbons (Fsp3) is 0.526. The Labute approximate surface area is 148 Å². The van der Waals surface area contributed by atoms with Gasteiger partial charge < -0.3 is 14.4 Å². The van der Waals surface area contributed by atoms with Gasteiger partial charge in [0, 0.05) is 12.0 Å². The number of nitrogens with zero attached hydrogens (tertiary/aromatic N) is 1. The summed E-state index contributed by atoms with van der Waals surface area (Å²) in [4.78, 5) is 37.5. The highest BCUT2D eigenvalue weighted by atomic mass is 16.5. The van der Waals surface area contributed by atoms with Crippen LogP contribution in [0.25, 0.3) is 0 Å². The molecular formula is C19H25NO5. The highest BCUT2D eigenvalue weighted by Crippen LogP contribution is 2.38. The molecule has 1 aromatic rings. The standard InChI is InChI=1S/C19H25NO5/c1-13(21)19(2,3)17-16(25-12-14-8-6-5-7-9-14)18(23)20(17)11-10-15(22)24-4/h5-9,16-17H,10-12H2,1-4H3/t16-,17-/m1/s1. The second kappa shape index (κ2) is 7.78. The number of rotatable bonds is 8. The summed E-state index contributed by atoms with van der Waals surface area (Å²) < 4.78 is 10.5. The molecule has 0 bridgehead atoms. The summed E-state index contributed by atoms with van der Waals surface area (Å²) in [5.41, 5.74) is 0.202. The van der Waals surface area contributed by atoms with E-state index in [1.54, 1.807) is 18.7 Å². The van der Waals surface area contributed by atoms with Gasteiger partial charge in [0.15, 0.2) is 6.10 Å². The maximum absolute atomic E-state index is 12.5. The summed E-state index contributed by atoms with van der Waals surface area (Å²) >= 11 is 0. The van der Waals surface area contributed by atoms with Crippen molar-refractivity contribution in [1.82, 2.24) is 4.90 Å². The van der Waals surface area contributed by atoms with E-state index in [0.29, 0.717) is 6.61 Å². The first-order valence-electron chi connectivity index (χ1n) is 8.33. The van der Waals surface area contributed by atoms with Crippen molar-refractivity contribution in [2.24, 2.45) is 5.41 Å². The Morgan fingerprint density at radius 1 is 1.20 bits per heavy atom. The number of β-lactam (4-membered cyclic amide) rings is 1. The molecule has 1 heterocycles. The van der Waals surface area contributed by atoms with Crippen molar-refractivity contribution >= 4 is 17.7 Å². The number of carbonyl (C=O) groups excluding carboxylic acids is 3. The highest BCUT2D eigenvalue weighted by Gasteiger charge is 2.56. The van der Waals surface area contributed by atoms with Crippen LogP contribution in [0.1, 0.15) is 32.8 Å². The van der Waals surface area contributed by atoms with Crippen LogP contribution in [-0.2, 0) is 30.5 Å². The third-order valence-corrected chi connectivity index (χ3v) is 4.85. The van der Waals surface area contributed by atoms with Crippen LogP contribution in [0.15, 0.2) is 30.3 Å². The van der Waals surface area contributed by atoms with Crippen molar-refractivity contribution < 1.29 is 23.9 Å². The van der Waals surface area contributed by atoms with Crippen LogP contribution < -0.4 is 0 Å². The number of amides is 1. The van der Waals surface area contributed by atoms with Crippen LogP contribution >= 0.6 is 0 Å². The third-order valence-electron chi connectivity index (χ3n) is 4.85. The van der Waals surface area contributed by atoms with E-state index in [1.165, 1.54) is 14.0 Å². The molecule has 0 aromatic heterocycles. The number of Topliss-reactive ketones (excluding diaryl/α,β-unsaturated/α-hetero) is 1. The van der Waals surface area contributed by atoms with E-state index in [9.17, 15) is 14.4 Å². The number of hydrogen-bond donors (Lipinski definition) is 0. The molecule has 1 saturated heterocycles. The average Bonchev–Trinajstić information content (AvgIpc) is 2.59. The summed E-state index contributed by atoms with van der Waals surface area (Å²) in [5.74, 6) is -0.610. The first-order valence-corrected chi connectivity index (χ1v) is 8.33. The smallest absolute Gasteiger partial charge is 0.307 e. The number of benzene rings is 1. The lowest BCUT2D eigenvalue weighted by Gasteiger charge is -2.52. The number of methoxy groups -OCH3 is 1. The predicted molar refractivity (Wildman–Crippen MR) is 91.6 cm³/mol. The minimum Gasteiger partial charge on any atom is -0.469 e. The van der Waals surface area contributed by atoms with Gasteiger partial charge in [-0.2, -0.15) is 0 Å². The van der Waals surface area contributed by atoms with E-state index < -0.39 is 17.6 Å². The molecule has 0 radical (unpaired) electrons. The first-order chi connectivity index (χ1) is 11.8. The molecule has 136 valence electrons. The molecule has 1 fully saturated rings. The quantitative estimate of drug-likeness (QED) is 0.531. The van der Waals surface area contributed by atoms with E-state index in [0.717, 1.165) is 5.56 Å². The van der Waals surface area contributed by atoms with E-state index >= 15 is 0 Å². The molecule has 2 rings (SSSR count). The van der Waals surface area contributed by atoms with Gasteiger partial charge in [0.2, 0.25) is 0 Å². The molecule has 1 aliphatic rings. The number of likely N-dealkylation sites (tertiary alicyclic amines) is 1. The SMILES string of the molecule is COC(=O)CCN1C(=O)[C@H](OCc2ccccc2)[C@@H]1C(C)(C)C(C)=O. The molecule has 1 aliphatic heterocycles. The maximum atomic E-state index is 12.5. The van der Waals surface area contributed by atoms with Gasteiger partial charge in [0.25, 0.3) is 5.91 Å². The van der Waals surface area contributed by atoms with Gasteiger partial charge in [-0.3, -0.25) is 14.4 Å². The fourth-order valence-electron chi connectivity index (χ4n) is 2.98. The summed E-state index contributed by atoms with van der Waals surface area (Å²) in [6, 6.07) is 9.16. The highest BCUT2D eigenvalue weighted by molar-refractivity contribution is 5.93. The summed E-state index contributed by atoms with van der Waals surface area (Å²) in [5, 5.41) is 0. The second-order valence-corrected chi connectivity index (χ2v) is 6.80. The van der Waals surface area contributed by atoms with Crippen molar-refractivity contribution in [2.45, 2.75) is 45.9 Å². The summed E-state index contributed by atoms with van der Waals surface area (Å²) in [7, 11) is 1.31. The molecule has 6 nitrogen and oxygen atoms in total. The average molecular weight is 347 g/mol. The summed E-state index contributed by atoms with van der Waals surface area (Å²) in [6.45, 7) is 5.63. The van der Waals surface area contributed by atoms with Crippen molar-refractivity contribution in [1.29, 1.82) is 0 Å². The largest absolute Gasteiger partial charge is 0.469 e. The maximum Gasteiger partial charge on any atom is 0.307 e. The Hall–Kier alpha value is -2.21. The minimum absolute atomic E-state index is 0.0265. The Morgan fingerprint density at radius 3 is 2.40 bits per heavy atom. The van der Waals surface area contributed by atoms with Crippen LogP contribution in [0.5, 0.6) is 0 Å². The number of ether oxygens (including phenoxy) is 2. The summed E-state index contributed by atoms with van der Waals surface area (Å²) in [6.07, 6.45) is -0.588. The van der Waals surface area contributed by atoms with E-state index in [-0.39, 0.29) is 30.6 Å². The lowest BCUT2D eigenvalue weighted by Crippen LogP contribution is -2.71. The third kappa shape index (κ3) is 4.07. The van der Waals surface area contributed by atoms with Gasteiger partial charge in [0.05, 0.1) is 26.2 Å². The van der Waals surface area contributed by atoms with Gasteiger partial charge in [-0.25, -0.2) is 0 Å². The number of esters is 1. The molecule has 25 heavy (non-hydrogen) atoms. The number of carbonyl (C=O) groups is 3. The Balaban J connectivity index is 2.10. The van der Waals surface area contributed by atoms with Gasteiger partial charge in [-0.05, 0) is 12.5 Å². The monoisotopic (exact) mass is 347 g/mol. The van der Waals surface area contributed by atoms with Crippen molar-refractivity contribution in [3.63, 3.8) is 0 Å². The molecule has 0 unspecified atom stereocenters. The van der Waals surface area contributed by atoms with Crippen LogP contribution in [-0.4, -0.2) is 48.4 Å². The Bertz CT molecular complexity index is 640. The van der Waals surface area contributed by atoms with Gasteiger partial charge >= 0.3 is 5.97 Å². The lowest BCUT2D eigenvalue weighted by atomic mass is 9.72. The van der Waals surface area contributed by atoms with Gasteiger partial charge in [-0.1, -0.05) is 44.2 Å². The number of hydrogen-bond acceptors (Lipinski definition) is 5. The second-order valence-electron chi connectivity index (χ2n) is 6.80. The zero-order valence-corrected chi connectivity index (χ0v) is 15.2. The van der Waals surface area contributed by atoms with Crippen molar-refractivity contribution in [3.8, 4) is 0 Å². The number of ketones is 1. The molecule has 1 aromatic carbocycles. The van der Waals surface area contributed by atoms with E-state index in [4.69, 9.17) is 4.74 Å². The predicted octanol–water partition coefficient (Wildman–Crippen LogP) is 1.96. The zero-order chi connectivity index (χ0) is 18.6. The molecule has 6 heteroatoms. The van der Waals surface area contributed by atoms with Crippen molar-refractivity contribution in [3.05, 3.63) is 35.9 Å². The van der Waals surface area contributed by atoms with Crippen LogP contribution in [0.2, 0.25) is 0 Å². The molecule has 0 aliphatic carbocycles. The molecule has 0 N–H and O–H groups in total. The zero-order valence-electron chi connectivity index (χ0n) is 15.2.